The van der Waals surface area contributed by atoms with Crippen LogP contribution in [0, 0.1) is 19.8 Å². The predicted molar refractivity (Wildman–Crippen MR) is 58.2 cm³/mol. The van der Waals surface area contributed by atoms with Crippen LogP contribution in [0.4, 0.5) is 0 Å². The van der Waals surface area contributed by atoms with Gasteiger partial charge in [-0.3, -0.25) is 0 Å². The SMILES string of the molecule is Cc1cccc(C)c1C(O)C1CCC1. The van der Waals surface area contributed by atoms with Crippen LogP contribution in [0.2, 0.25) is 0 Å². The summed E-state index contributed by atoms with van der Waals surface area (Å²) >= 11 is 0. The van der Waals surface area contributed by atoms with Crippen molar-refractivity contribution in [1.29, 1.82) is 0 Å². The van der Waals surface area contributed by atoms with Crippen molar-refractivity contribution in [3.8, 4) is 0 Å². The van der Waals surface area contributed by atoms with E-state index >= 15 is 0 Å². The largest absolute Gasteiger partial charge is 0.388 e. The van der Waals surface area contributed by atoms with Crippen molar-refractivity contribution in [3.63, 3.8) is 0 Å². The molecule has 0 amide bonds. The minimum absolute atomic E-state index is 0.232. The molecule has 1 saturated carbocycles. The van der Waals surface area contributed by atoms with Gasteiger partial charge in [0.1, 0.15) is 0 Å². The van der Waals surface area contributed by atoms with Gasteiger partial charge < -0.3 is 5.11 Å². The molecule has 76 valence electrons. The number of hydrogen-bond donors (Lipinski definition) is 1. The van der Waals surface area contributed by atoms with Crippen molar-refractivity contribution in [3.05, 3.63) is 34.9 Å². The van der Waals surface area contributed by atoms with Crippen molar-refractivity contribution in [2.75, 3.05) is 0 Å². The Morgan fingerprint density at radius 1 is 1.21 bits per heavy atom. The summed E-state index contributed by atoms with van der Waals surface area (Å²) in [6.45, 7) is 4.18. The van der Waals surface area contributed by atoms with Gasteiger partial charge in [-0.15, -0.1) is 0 Å². The van der Waals surface area contributed by atoms with Crippen LogP contribution in [0.5, 0.6) is 0 Å². The van der Waals surface area contributed by atoms with Crippen LogP contribution in [-0.2, 0) is 0 Å². The van der Waals surface area contributed by atoms with E-state index < -0.39 is 0 Å². The zero-order valence-corrected chi connectivity index (χ0v) is 8.96. The van der Waals surface area contributed by atoms with E-state index in [4.69, 9.17) is 0 Å². The van der Waals surface area contributed by atoms with Gasteiger partial charge in [0.25, 0.3) is 0 Å². The van der Waals surface area contributed by atoms with Crippen LogP contribution in [0.3, 0.4) is 0 Å². The Bertz CT molecular complexity index is 306. The summed E-state index contributed by atoms with van der Waals surface area (Å²) in [6, 6.07) is 6.23. The molecule has 0 saturated heterocycles. The van der Waals surface area contributed by atoms with Crippen LogP contribution in [0.25, 0.3) is 0 Å². The van der Waals surface area contributed by atoms with Gasteiger partial charge in [-0.25, -0.2) is 0 Å². The lowest BCUT2D eigenvalue weighted by Gasteiger charge is -2.32. The second kappa shape index (κ2) is 3.74. The Morgan fingerprint density at radius 3 is 2.21 bits per heavy atom. The molecular formula is C13H18O. The summed E-state index contributed by atoms with van der Waals surface area (Å²) in [7, 11) is 0. The van der Waals surface area contributed by atoms with Gasteiger partial charge in [-0.05, 0) is 49.3 Å². The lowest BCUT2D eigenvalue weighted by molar-refractivity contribution is 0.0611. The molecule has 1 N–H and O–H groups in total. The van der Waals surface area contributed by atoms with Crippen molar-refractivity contribution in [1.82, 2.24) is 0 Å². The van der Waals surface area contributed by atoms with Crippen LogP contribution in [-0.4, -0.2) is 5.11 Å². The maximum absolute atomic E-state index is 10.2. The van der Waals surface area contributed by atoms with E-state index in [0.717, 1.165) is 5.56 Å². The quantitative estimate of drug-likeness (QED) is 0.759. The molecule has 1 aliphatic rings. The number of aliphatic hydroxyl groups excluding tert-OH is 1. The first kappa shape index (κ1) is 9.72. The van der Waals surface area contributed by atoms with Crippen molar-refractivity contribution >= 4 is 0 Å². The molecule has 1 nitrogen and oxygen atoms in total. The highest BCUT2D eigenvalue weighted by molar-refractivity contribution is 5.35. The van der Waals surface area contributed by atoms with Gasteiger partial charge >= 0.3 is 0 Å². The van der Waals surface area contributed by atoms with E-state index in [1.54, 1.807) is 0 Å². The number of rotatable bonds is 2. The number of benzene rings is 1. The second-order valence-corrected chi connectivity index (χ2v) is 4.44. The number of hydrogen-bond acceptors (Lipinski definition) is 1. The van der Waals surface area contributed by atoms with Gasteiger partial charge in [-0.1, -0.05) is 24.6 Å². The molecule has 14 heavy (non-hydrogen) atoms. The summed E-state index contributed by atoms with van der Waals surface area (Å²) in [5, 5.41) is 10.2. The molecule has 2 rings (SSSR count). The monoisotopic (exact) mass is 190 g/mol. The molecule has 0 spiro atoms. The number of aliphatic hydroxyl groups is 1. The second-order valence-electron chi connectivity index (χ2n) is 4.44. The summed E-state index contributed by atoms with van der Waals surface area (Å²) in [4.78, 5) is 0. The van der Waals surface area contributed by atoms with E-state index in [-0.39, 0.29) is 6.10 Å². The van der Waals surface area contributed by atoms with Crippen molar-refractivity contribution in [2.24, 2.45) is 5.92 Å². The Morgan fingerprint density at radius 2 is 1.79 bits per heavy atom. The molecule has 1 atom stereocenters. The standard InChI is InChI=1S/C13H18O/c1-9-5-3-6-10(2)12(9)13(14)11-7-4-8-11/h3,5-6,11,13-14H,4,7-8H2,1-2H3. The first-order valence-corrected chi connectivity index (χ1v) is 5.44. The molecule has 0 heterocycles. The minimum Gasteiger partial charge on any atom is -0.388 e. The van der Waals surface area contributed by atoms with Crippen molar-refractivity contribution < 1.29 is 5.11 Å². The third kappa shape index (κ3) is 1.57. The third-order valence-corrected chi connectivity index (χ3v) is 3.43. The van der Waals surface area contributed by atoms with Gasteiger partial charge in [-0.2, -0.15) is 0 Å². The molecule has 0 bridgehead atoms. The molecule has 0 aromatic heterocycles. The zero-order chi connectivity index (χ0) is 10.1. The van der Waals surface area contributed by atoms with E-state index in [2.05, 4.69) is 32.0 Å². The molecule has 1 aliphatic carbocycles. The molecule has 1 fully saturated rings. The fourth-order valence-corrected chi connectivity index (χ4v) is 2.29. The first-order chi connectivity index (χ1) is 6.70. The van der Waals surface area contributed by atoms with Crippen LogP contribution in [0.1, 0.15) is 42.1 Å². The Labute approximate surface area is 85.8 Å². The molecule has 1 aromatic rings. The highest BCUT2D eigenvalue weighted by Crippen LogP contribution is 2.39. The van der Waals surface area contributed by atoms with E-state index in [0.29, 0.717) is 5.92 Å². The van der Waals surface area contributed by atoms with Gasteiger partial charge in [0, 0.05) is 0 Å². The maximum atomic E-state index is 10.2. The summed E-state index contributed by atoms with van der Waals surface area (Å²) in [5.41, 5.74) is 3.62. The van der Waals surface area contributed by atoms with Gasteiger partial charge in [0.15, 0.2) is 0 Å². The fraction of sp³-hybridized carbons (Fsp3) is 0.538. The Balaban J connectivity index is 2.29. The summed E-state index contributed by atoms with van der Waals surface area (Å²) < 4.78 is 0. The molecule has 1 heteroatoms. The fourth-order valence-electron chi connectivity index (χ4n) is 2.29. The molecule has 0 aliphatic heterocycles. The molecule has 1 unspecified atom stereocenters. The lowest BCUT2D eigenvalue weighted by Crippen LogP contribution is -2.21. The van der Waals surface area contributed by atoms with E-state index in [1.807, 2.05) is 0 Å². The lowest BCUT2D eigenvalue weighted by atomic mass is 9.77. The normalized spacial score (nSPS) is 19.1. The summed E-state index contributed by atoms with van der Waals surface area (Å²) in [5.74, 6) is 0.509. The molecule has 0 radical (unpaired) electrons. The van der Waals surface area contributed by atoms with Crippen LogP contribution < -0.4 is 0 Å². The Kier molecular flexibility index (Phi) is 2.60. The van der Waals surface area contributed by atoms with Crippen LogP contribution in [0.15, 0.2) is 18.2 Å². The average molecular weight is 190 g/mol. The van der Waals surface area contributed by atoms with Crippen LogP contribution >= 0.6 is 0 Å². The molecule has 1 aromatic carbocycles. The van der Waals surface area contributed by atoms with E-state index in [9.17, 15) is 5.11 Å². The van der Waals surface area contributed by atoms with Gasteiger partial charge in [0.05, 0.1) is 6.10 Å². The highest BCUT2D eigenvalue weighted by atomic mass is 16.3. The zero-order valence-electron chi connectivity index (χ0n) is 8.96. The Hall–Kier alpha value is -0.820. The predicted octanol–water partition coefficient (Wildman–Crippen LogP) is 3.14. The number of aryl methyl sites for hydroxylation is 2. The maximum Gasteiger partial charge on any atom is 0.0823 e. The molecular weight excluding hydrogens is 172 g/mol. The smallest absolute Gasteiger partial charge is 0.0823 e. The van der Waals surface area contributed by atoms with E-state index in [1.165, 1.54) is 30.4 Å². The average Bonchev–Trinajstić information content (AvgIpc) is 2.00. The summed E-state index contributed by atoms with van der Waals surface area (Å²) in [6.07, 6.45) is 3.43. The minimum atomic E-state index is -0.232. The van der Waals surface area contributed by atoms with Crippen molar-refractivity contribution in [2.45, 2.75) is 39.2 Å². The highest BCUT2D eigenvalue weighted by Gasteiger charge is 2.28. The first-order valence-electron chi connectivity index (χ1n) is 5.44. The topological polar surface area (TPSA) is 20.2 Å². The van der Waals surface area contributed by atoms with Gasteiger partial charge in [0.2, 0.25) is 0 Å². The third-order valence-electron chi connectivity index (χ3n) is 3.43.